The number of rotatable bonds is 11. The fraction of sp³-hybridized carbons (Fsp3) is 0.867. The van der Waals surface area contributed by atoms with Crippen molar-refractivity contribution in [1.82, 2.24) is 24.8 Å². The van der Waals surface area contributed by atoms with E-state index in [0.29, 0.717) is 65.9 Å². The second kappa shape index (κ2) is 15.8. The number of aliphatic hydroxyl groups is 1. The van der Waals surface area contributed by atoms with E-state index in [1.165, 1.54) is 56.2 Å². The Bertz CT molecular complexity index is 1630. The molecular formula is C45H71N5O5Si. The van der Waals surface area contributed by atoms with Crippen LogP contribution in [0.3, 0.4) is 0 Å². The average Bonchev–Trinajstić information content (AvgIpc) is 3.94. The maximum Gasteiger partial charge on any atom is 0.263 e. The van der Waals surface area contributed by atoms with Crippen molar-refractivity contribution >= 4 is 19.9 Å². The molecule has 1 aromatic heterocycles. The molecule has 10 nitrogen and oxygen atoms in total. The lowest BCUT2D eigenvalue weighted by Gasteiger charge is -2.45. The van der Waals surface area contributed by atoms with Crippen molar-refractivity contribution in [2.24, 2.45) is 29.6 Å². The number of amides is 2. The van der Waals surface area contributed by atoms with E-state index in [0.717, 1.165) is 95.2 Å². The first-order valence-corrected chi connectivity index (χ1v) is 26.4. The van der Waals surface area contributed by atoms with E-state index in [2.05, 4.69) is 40.1 Å². The van der Waals surface area contributed by atoms with Gasteiger partial charge < -0.3 is 24.4 Å². The third kappa shape index (κ3) is 6.59. The Balaban J connectivity index is 0.941. The number of hydrogen-bond donors (Lipinski definition) is 1. The molecule has 4 unspecified atom stereocenters. The van der Waals surface area contributed by atoms with Gasteiger partial charge in [-0.05, 0) is 118 Å². The van der Waals surface area contributed by atoms with Crippen molar-refractivity contribution in [3.63, 3.8) is 0 Å². The van der Waals surface area contributed by atoms with Crippen molar-refractivity contribution in [3.05, 3.63) is 23.2 Å². The van der Waals surface area contributed by atoms with Gasteiger partial charge in [-0.15, -0.1) is 5.10 Å². The number of aliphatic hydroxyl groups excluding tert-OH is 1. The molecule has 8 atom stereocenters. The predicted molar refractivity (Wildman–Crippen MR) is 218 cm³/mol. The van der Waals surface area contributed by atoms with Crippen LogP contribution < -0.4 is 0 Å². The summed E-state index contributed by atoms with van der Waals surface area (Å²) in [5.74, 6) is 3.00. The molecule has 5 aliphatic carbocycles. The van der Waals surface area contributed by atoms with Crippen LogP contribution in [0.5, 0.6) is 0 Å². The predicted octanol–water partition coefficient (Wildman–Crippen LogP) is 7.67. The monoisotopic (exact) mass is 790 g/mol. The molecule has 1 spiro atoms. The first kappa shape index (κ1) is 39.4. The zero-order valence-electron chi connectivity index (χ0n) is 35.0. The van der Waals surface area contributed by atoms with Gasteiger partial charge in [0.1, 0.15) is 0 Å². The third-order valence-electron chi connectivity index (χ3n) is 17.4. The van der Waals surface area contributed by atoms with Gasteiger partial charge in [-0.3, -0.25) is 14.3 Å². The normalized spacial score (nSPS) is 40.2. The summed E-state index contributed by atoms with van der Waals surface area (Å²) in [5, 5.41) is 18.2. The molecule has 4 saturated carbocycles. The number of carbonyl (C=O) groups excluding carboxylic acids is 2. The van der Waals surface area contributed by atoms with Gasteiger partial charge in [0.15, 0.2) is 5.60 Å². The summed E-state index contributed by atoms with van der Waals surface area (Å²) in [6, 6.07) is 0.869. The van der Waals surface area contributed by atoms with Gasteiger partial charge in [0, 0.05) is 69.0 Å². The Labute approximate surface area is 336 Å². The van der Waals surface area contributed by atoms with Gasteiger partial charge in [0.2, 0.25) is 5.91 Å². The maximum atomic E-state index is 15.4. The molecule has 8 aliphatic rings. The number of likely N-dealkylation sites (tertiary alicyclic amines) is 1. The molecule has 1 aromatic rings. The molecule has 11 heteroatoms. The second-order valence-electron chi connectivity index (χ2n) is 20.3. The topological polar surface area (TPSA) is 110 Å². The van der Waals surface area contributed by atoms with E-state index in [-0.39, 0.29) is 24.5 Å². The molecule has 0 aromatic carbocycles. The van der Waals surface area contributed by atoms with Crippen LogP contribution in [0.4, 0.5) is 0 Å². The van der Waals surface area contributed by atoms with Gasteiger partial charge in [0.25, 0.3) is 5.91 Å². The maximum absolute atomic E-state index is 15.4. The molecule has 2 saturated heterocycles. The highest BCUT2D eigenvalue weighted by Crippen LogP contribution is 2.62. The Morgan fingerprint density at radius 2 is 1.70 bits per heavy atom. The summed E-state index contributed by atoms with van der Waals surface area (Å²) in [6.07, 6.45) is 24.4. The van der Waals surface area contributed by atoms with Crippen LogP contribution in [0, 0.1) is 29.6 Å². The highest BCUT2D eigenvalue weighted by molar-refractivity contribution is 6.80. The SMILES string of the molecule is COC1CCC([Si](C)(C)[C@H]2[C@H](CCn3cc(CCO)nn3)O[C@@]3(C(=O)N(CC4CCC(N5C(=O)C6CCCC7CCCC5C76)CC4)C4=C3CCCC4)[C@@H]2C)CC1. The zero-order chi connectivity index (χ0) is 38.8. The second-order valence-corrected chi connectivity index (χ2v) is 25.4. The molecule has 3 aliphatic heterocycles. The number of hydrogen-bond acceptors (Lipinski definition) is 7. The molecule has 4 heterocycles. The van der Waals surface area contributed by atoms with Crippen LogP contribution in [0.1, 0.15) is 135 Å². The van der Waals surface area contributed by atoms with Crippen LogP contribution in [-0.2, 0) is 32.0 Å². The quantitative estimate of drug-likeness (QED) is 0.229. The molecule has 310 valence electrons. The molecule has 2 amide bonds. The van der Waals surface area contributed by atoms with Gasteiger partial charge in [0.05, 0.1) is 26.0 Å². The van der Waals surface area contributed by atoms with Crippen molar-refractivity contribution in [1.29, 1.82) is 0 Å². The fourth-order valence-electron chi connectivity index (χ4n) is 14.7. The third-order valence-corrected chi connectivity index (χ3v) is 22.7. The number of allylic oxidation sites excluding steroid dienone is 1. The number of methoxy groups -OCH3 is 1. The summed E-state index contributed by atoms with van der Waals surface area (Å²) in [7, 11) is -0.0994. The van der Waals surface area contributed by atoms with E-state index in [4.69, 9.17) is 9.47 Å². The summed E-state index contributed by atoms with van der Waals surface area (Å²) in [4.78, 5) is 34.1. The lowest BCUT2D eigenvalue weighted by Crippen LogP contribution is -2.51. The van der Waals surface area contributed by atoms with E-state index >= 15 is 4.79 Å². The Morgan fingerprint density at radius 1 is 0.946 bits per heavy atom. The lowest BCUT2D eigenvalue weighted by molar-refractivity contribution is -0.150. The molecular weight excluding hydrogens is 719 g/mol. The van der Waals surface area contributed by atoms with Crippen molar-refractivity contribution < 1.29 is 24.2 Å². The van der Waals surface area contributed by atoms with Crippen LogP contribution >= 0.6 is 0 Å². The van der Waals surface area contributed by atoms with Crippen LogP contribution in [0.15, 0.2) is 17.5 Å². The molecule has 0 radical (unpaired) electrons. The Morgan fingerprint density at radius 3 is 2.45 bits per heavy atom. The molecule has 0 bridgehead atoms. The highest BCUT2D eigenvalue weighted by atomic mass is 28.3. The first-order valence-electron chi connectivity index (χ1n) is 23.2. The Kier molecular flexibility index (Phi) is 11.1. The first-order chi connectivity index (χ1) is 27.1. The summed E-state index contributed by atoms with van der Waals surface area (Å²) in [6.45, 7) is 9.16. The minimum atomic E-state index is -1.96. The van der Waals surface area contributed by atoms with E-state index in [1.807, 2.05) is 18.0 Å². The minimum Gasteiger partial charge on any atom is -0.396 e. The number of ether oxygens (including phenoxy) is 2. The van der Waals surface area contributed by atoms with Crippen molar-refractivity contribution in [2.75, 3.05) is 20.3 Å². The molecule has 9 rings (SSSR count). The van der Waals surface area contributed by atoms with Gasteiger partial charge in [-0.25, -0.2) is 0 Å². The molecule has 56 heavy (non-hydrogen) atoms. The molecule has 6 fully saturated rings. The minimum absolute atomic E-state index is 0.0200. The highest BCUT2D eigenvalue weighted by Gasteiger charge is 2.67. The van der Waals surface area contributed by atoms with Crippen LogP contribution in [0.25, 0.3) is 0 Å². The van der Waals surface area contributed by atoms with E-state index in [1.54, 1.807) is 0 Å². The van der Waals surface area contributed by atoms with Crippen molar-refractivity contribution in [3.8, 4) is 0 Å². The van der Waals surface area contributed by atoms with Gasteiger partial charge >= 0.3 is 0 Å². The van der Waals surface area contributed by atoms with Crippen LogP contribution in [-0.4, -0.2) is 99.9 Å². The average molecular weight is 790 g/mol. The number of aryl methyl sites for hydroxylation is 1. The fourth-order valence-corrected chi connectivity index (χ4v) is 19.8. The number of nitrogens with zero attached hydrogens (tertiary/aromatic N) is 5. The van der Waals surface area contributed by atoms with Crippen molar-refractivity contribution in [2.45, 2.75) is 196 Å². The summed E-state index contributed by atoms with van der Waals surface area (Å²) < 4.78 is 15.3. The van der Waals surface area contributed by atoms with E-state index in [9.17, 15) is 9.90 Å². The van der Waals surface area contributed by atoms with Gasteiger partial charge in [-0.1, -0.05) is 63.8 Å². The standard InChI is InChI=1S/C45H71N5O5Si/c1-29-42(56(3,4)35-21-19-34(54-2)20-22-35)40(23-25-48-28-32(24-26-51)46-47-48)55-45(29)37-12-5-6-13-38(37)49(44(45)53)27-30-15-17-33(18-16-30)50-39-14-8-10-31-9-7-11-36(41(31)39)43(50)52/h28-31,33-36,39-42,51H,5-27H2,1-4H3/t29-,30?,31?,33?,34?,35?,36?,39?,40+,41?,42-,45+/m1/s1. The van der Waals surface area contributed by atoms with E-state index < -0.39 is 13.7 Å². The largest absolute Gasteiger partial charge is 0.396 e. The number of aromatic nitrogens is 3. The Hall–Kier alpha value is -2.08. The smallest absolute Gasteiger partial charge is 0.263 e. The number of fused-ring (bicyclic) bond motifs is 1. The summed E-state index contributed by atoms with van der Waals surface area (Å²) >= 11 is 0. The van der Waals surface area contributed by atoms with Gasteiger partial charge in [-0.2, -0.15) is 0 Å². The number of carbonyl (C=O) groups is 2. The molecule has 1 N–H and O–H groups in total. The lowest BCUT2D eigenvalue weighted by atomic mass is 9.65. The zero-order valence-corrected chi connectivity index (χ0v) is 36.0. The summed E-state index contributed by atoms with van der Waals surface area (Å²) in [5.41, 5.74) is 3.59. The van der Waals surface area contributed by atoms with Crippen LogP contribution in [0.2, 0.25) is 24.2 Å².